The van der Waals surface area contributed by atoms with Crippen molar-refractivity contribution >= 4 is 17.9 Å². The molecule has 6 nitrogen and oxygen atoms in total. The number of carbonyl (C=O) groups is 3. The van der Waals surface area contributed by atoms with Gasteiger partial charge in [-0.25, -0.2) is 0 Å². The maximum Gasteiger partial charge on any atom is 0.306 e. The van der Waals surface area contributed by atoms with Crippen LogP contribution in [0.3, 0.4) is 0 Å². The van der Waals surface area contributed by atoms with E-state index < -0.39 is 12.1 Å². The molecule has 1 unspecified atom stereocenters. The summed E-state index contributed by atoms with van der Waals surface area (Å²) in [6, 6.07) is 0. The van der Waals surface area contributed by atoms with Gasteiger partial charge >= 0.3 is 17.9 Å². The van der Waals surface area contributed by atoms with E-state index in [-0.39, 0.29) is 31.6 Å². The molecule has 0 aromatic carbocycles. The van der Waals surface area contributed by atoms with Crippen LogP contribution < -0.4 is 0 Å². The van der Waals surface area contributed by atoms with Gasteiger partial charge in [-0.05, 0) is 109 Å². The minimum Gasteiger partial charge on any atom is -0.462 e. The highest BCUT2D eigenvalue weighted by Crippen LogP contribution is 2.16. The molecular formula is C72H116O6. The Bertz CT molecular complexity index is 1710. The maximum atomic E-state index is 12.9. The van der Waals surface area contributed by atoms with Crippen molar-refractivity contribution in [1.82, 2.24) is 0 Å². The van der Waals surface area contributed by atoms with Crippen molar-refractivity contribution in [2.45, 2.75) is 277 Å². The summed E-state index contributed by atoms with van der Waals surface area (Å²) in [5.41, 5.74) is 0. The van der Waals surface area contributed by atoms with Crippen LogP contribution in [0.4, 0.5) is 0 Å². The molecule has 0 saturated carbocycles. The van der Waals surface area contributed by atoms with E-state index in [1.165, 1.54) is 96.3 Å². The van der Waals surface area contributed by atoms with Crippen LogP contribution in [0.1, 0.15) is 271 Å². The monoisotopic (exact) mass is 1080 g/mol. The molecule has 0 aliphatic rings. The molecule has 0 aliphatic carbocycles. The van der Waals surface area contributed by atoms with E-state index in [9.17, 15) is 14.4 Å². The molecule has 0 aliphatic heterocycles. The number of hydrogen-bond donors (Lipinski definition) is 0. The predicted octanol–water partition coefficient (Wildman–Crippen LogP) is 21.9. The van der Waals surface area contributed by atoms with E-state index in [0.29, 0.717) is 19.3 Å². The molecule has 6 heteroatoms. The lowest BCUT2D eigenvalue weighted by molar-refractivity contribution is -0.166. The molecule has 0 fully saturated rings. The number of carbonyl (C=O) groups excluding carboxylic acids is 3. The van der Waals surface area contributed by atoms with Crippen LogP contribution in [-0.2, 0) is 28.6 Å². The van der Waals surface area contributed by atoms with E-state index in [0.717, 1.165) is 128 Å². The van der Waals surface area contributed by atoms with Crippen LogP contribution in [0.2, 0.25) is 0 Å². The molecule has 0 spiro atoms. The Hall–Kier alpha value is -4.71. The number of allylic oxidation sites excluding steroid dienone is 24. The third-order valence-electron chi connectivity index (χ3n) is 13.1. The Morgan fingerprint density at radius 2 is 0.526 bits per heavy atom. The normalized spacial score (nSPS) is 13.1. The fourth-order valence-electron chi connectivity index (χ4n) is 8.41. The second kappa shape index (κ2) is 64.8. The van der Waals surface area contributed by atoms with Gasteiger partial charge in [-0.3, -0.25) is 14.4 Å². The van der Waals surface area contributed by atoms with Crippen molar-refractivity contribution in [3.8, 4) is 0 Å². The number of rotatable bonds is 56. The summed E-state index contributed by atoms with van der Waals surface area (Å²) < 4.78 is 16.8. The van der Waals surface area contributed by atoms with Gasteiger partial charge in [0, 0.05) is 19.3 Å². The van der Waals surface area contributed by atoms with E-state index in [2.05, 4.69) is 154 Å². The van der Waals surface area contributed by atoms with Crippen LogP contribution in [0.5, 0.6) is 0 Å². The molecule has 0 amide bonds. The number of unbranched alkanes of at least 4 members (excludes halogenated alkanes) is 21. The molecule has 0 rings (SSSR count). The third kappa shape index (κ3) is 62.1. The van der Waals surface area contributed by atoms with Gasteiger partial charge in [0.05, 0.1) is 0 Å². The van der Waals surface area contributed by atoms with Gasteiger partial charge in [0.15, 0.2) is 6.10 Å². The molecule has 1 atom stereocenters. The zero-order valence-corrected chi connectivity index (χ0v) is 50.4. The minimum atomic E-state index is -0.836. The molecule has 440 valence electrons. The lowest BCUT2D eigenvalue weighted by Crippen LogP contribution is -2.30. The van der Waals surface area contributed by atoms with Gasteiger partial charge in [-0.15, -0.1) is 0 Å². The largest absolute Gasteiger partial charge is 0.462 e. The highest BCUT2D eigenvalue weighted by Gasteiger charge is 2.19. The molecule has 0 N–H and O–H groups in total. The highest BCUT2D eigenvalue weighted by atomic mass is 16.6. The van der Waals surface area contributed by atoms with E-state index in [1.54, 1.807) is 0 Å². The van der Waals surface area contributed by atoms with Gasteiger partial charge in [-0.1, -0.05) is 289 Å². The van der Waals surface area contributed by atoms with Gasteiger partial charge in [0.25, 0.3) is 0 Å². The van der Waals surface area contributed by atoms with Crippen molar-refractivity contribution in [2.24, 2.45) is 0 Å². The third-order valence-corrected chi connectivity index (χ3v) is 13.1. The fourth-order valence-corrected chi connectivity index (χ4v) is 8.41. The molecule has 0 aromatic rings. The van der Waals surface area contributed by atoms with E-state index >= 15 is 0 Å². The average Bonchev–Trinajstić information content (AvgIpc) is 3.44. The maximum absolute atomic E-state index is 12.9. The van der Waals surface area contributed by atoms with Gasteiger partial charge < -0.3 is 14.2 Å². The van der Waals surface area contributed by atoms with Gasteiger partial charge in [0.1, 0.15) is 13.2 Å². The fraction of sp³-hybridized carbons (Fsp3) is 0.625. The van der Waals surface area contributed by atoms with Crippen LogP contribution in [-0.4, -0.2) is 37.2 Å². The Morgan fingerprint density at radius 1 is 0.269 bits per heavy atom. The predicted molar refractivity (Wildman–Crippen MR) is 339 cm³/mol. The average molecular weight is 1080 g/mol. The Kier molecular flexibility index (Phi) is 60.9. The van der Waals surface area contributed by atoms with Gasteiger partial charge in [-0.2, -0.15) is 0 Å². The number of hydrogen-bond acceptors (Lipinski definition) is 6. The van der Waals surface area contributed by atoms with Crippen molar-refractivity contribution in [1.29, 1.82) is 0 Å². The smallest absolute Gasteiger partial charge is 0.306 e. The Morgan fingerprint density at radius 3 is 0.833 bits per heavy atom. The minimum absolute atomic E-state index is 0.120. The summed E-state index contributed by atoms with van der Waals surface area (Å²) >= 11 is 0. The number of ether oxygens (including phenoxy) is 3. The van der Waals surface area contributed by atoms with Crippen molar-refractivity contribution < 1.29 is 28.6 Å². The Labute approximate surface area is 480 Å². The highest BCUT2D eigenvalue weighted by molar-refractivity contribution is 5.71. The topological polar surface area (TPSA) is 78.9 Å². The van der Waals surface area contributed by atoms with E-state index in [1.807, 2.05) is 12.2 Å². The molecule has 0 heterocycles. The summed E-state index contributed by atoms with van der Waals surface area (Å²) in [4.78, 5) is 38.3. The standard InChI is InChI=1S/C72H116O6/c1-4-7-10-13-16-19-22-25-28-31-34-35-36-37-39-41-44-47-50-53-56-59-62-65-71(74)77-68-69(67-76-70(73)64-61-58-55-52-49-46-43-40-33-30-27-24-21-18-15-12-9-6-3)78-72(75)66-63-60-57-54-51-48-45-42-38-32-29-26-23-20-17-14-11-8-5-2/h7-8,10-11,16-17,19-20,25-26,28-29,34-35,37-39,42,44,47-48,51,57,60,69H,4-6,9,12-15,18,21-24,27,30-33,36,40-41,43,45-46,49-50,52-56,58-59,61-68H2,1-3H3/b10-7-,11-8-,19-16-,20-17-,28-25-,29-26-,35-34-,39-37-,42-38-,47-44-,51-48-,60-57-. The van der Waals surface area contributed by atoms with Crippen LogP contribution in [0.25, 0.3) is 0 Å². The molecular weight excluding hydrogens is 961 g/mol. The van der Waals surface area contributed by atoms with Gasteiger partial charge in [0.2, 0.25) is 0 Å². The summed E-state index contributed by atoms with van der Waals surface area (Å²) in [6.07, 6.45) is 92.9. The summed E-state index contributed by atoms with van der Waals surface area (Å²) in [7, 11) is 0. The lowest BCUT2D eigenvalue weighted by Gasteiger charge is -2.18. The first kappa shape index (κ1) is 73.3. The molecule has 0 aromatic heterocycles. The van der Waals surface area contributed by atoms with Crippen LogP contribution >= 0.6 is 0 Å². The molecule has 0 saturated heterocycles. The first-order valence-corrected chi connectivity index (χ1v) is 31.8. The van der Waals surface area contributed by atoms with Crippen LogP contribution in [0, 0.1) is 0 Å². The van der Waals surface area contributed by atoms with Crippen molar-refractivity contribution in [3.05, 3.63) is 146 Å². The number of esters is 3. The molecule has 0 radical (unpaired) electrons. The summed E-state index contributed by atoms with van der Waals surface area (Å²) in [5, 5.41) is 0. The van der Waals surface area contributed by atoms with Crippen molar-refractivity contribution in [3.63, 3.8) is 0 Å². The lowest BCUT2D eigenvalue weighted by atomic mass is 10.0. The Balaban J connectivity index is 4.55. The molecule has 78 heavy (non-hydrogen) atoms. The first-order chi connectivity index (χ1) is 38.5. The summed E-state index contributed by atoms with van der Waals surface area (Å²) in [6.45, 7) is 6.34. The second-order valence-corrected chi connectivity index (χ2v) is 20.6. The zero-order valence-electron chi connectivity index (χ0n) is 50.4. The second-order valence-electron chi connectivity index (χ2n) is 20.6. The first-order valence-electron chi connectivity index (χ1n) is 31.8. The zero-order chi connectivity index (χ0) is 56.4. The van der Waals surface area contributed by atoms with Crippen molar-refractivity contribution in [2.75, 3.05) is 13.2 Å². The quantitative estimate of drug-likeness (QED) is 0.0261. The van der Waals surface area contributed by atoms with Crippen LogP contribution in [0.15, 0.2) is 146 Å². The summed E-state index contributed by atoms with van der Waals surface area (Å²) in [5.74, 6) is -1.03. The SMILES string of the molecule is CC/C=C\C/C=C\C/C=C\C/C=C\C/C=C\C/C=C\CCCCCCC(=O)OCC(COC(=O)CCCCCCCCCCCCCCCCCCCC)OC(=O)CC/C=C\C/C=C\C/C=C\C/C=C\C/C=C\C/C=C\CC. The molecule has 0 bridgehead atoms. The van der Waals surface area contributed by atoms with E-state index in [4.69, 9.17) is 14.2 Å².